The molecule has 0 bridgehead atoms. The van der Waals surface area contributed by atoms with E-state index in [-0.39, 0.29) is 24.4 Å². The van der Waals surface area contributed by atoms with E-state index in [0.29, 0.717) is 17.1 Å². The number of hydrogen-bond acceptors (Lipinski definition) is 4. The van der Waals surface area contributed by atoms with Crippen LogP contribution in [0.15, 0.2) is 0 Å². The van der Waals surface area contributed by atoms with Crippen LogP contribution in [0.4, 0.5) is 0 Å². The van der Waals surface area contributed by atoms with Crippen molar-refractivity contribution in [2.45, 2.75) is 38.0 Å². The van der Waals surface area contributed by atoms with E-state index >= 15 is 0 Å². The predicted octanol–water partition coefficient (Wildman–Crippen LogP) is 1.76. The number of halogens is 1. The molecule has 2 aliphatic rings. The van der Waals surface area contributed by atoms with E-state index in [1.807, 2.05) is 16.7 Å². The van der Waals surface area contributed by atoms with Gasteiger partial charge in [0.25, 0.3) is 0 Å². The minimum absolute atomic E-state index is 0. The lowest BCUT2D eigenvalue weighted by Gasteiger charge is -2.37. The summed E-state index contributed by atoms with van der Waals surface area (Å²) < 4.78 is 5.34. The molecule has 0 aromatic rings. The molecule has 0 saturated carbocycles. The second kappa shape index (κ2) is 8.47. The minimum Gasteiger partial charge on any atom is -0.381 e. The molecule has 0 aromatic heterocycles. The molecule has 2 rings (SSSR count). The zero-order valence-electron chi connectivity index (χ0n) is 12.4. The van der Waals surface area contributed by atoms with Gasteiger partial charge in [0, 0.05) is 37.3 Å². The average Bonchev–Trinajstić information content (AvgIpc) is 2.46. The highest BCUT2D eigenvalue weighted by Gasteiger charge is 2.33. The van der Waals surface area contributed by atoms with Gasteiger partial charge in [0.1, 0.15) is 0 Å². The number of carbonyl (C=O) groups is 1. The van der Waals surface area contributed by atoms with Crippen molar-refractivity contribution in [2.75, 3.05) is 32.1 Å². The first-order valence-electron chi connectivity index (χ1n) is 7.33. The Hall–Kier alpha value is 0.0300. The quantitative estimate of drug-likeness (QED) is 0.860. The van der Waals surface area contributed by atoms with Crippen molar-refractivity contribution in [3.05, 3.63) is 0 Å². The van der Waals surface area contributed by atoms with Gasteiger partial charge in [0.2, 0.25) is 5.91 Å². The third-order valence-corrected chi connectivity index (χ3v) is 5.75. The van der Waals surface area contributed by atoms with Crippen molar-refractivity contribution in [3.63, 3.8) is 0 Å². The zero-order valence-corrected chi connectivity index (χ0v) is 14.0. The van der Waals surface area contributed by atoms with Crippen molar-refractivity contribution in [1.29, 1.82) is 0 Å². The highest BCUT2D eigenvalue weighted by molar-refractivity contribution is 8.00. The summed E-state index contributed by atoms with van der Waals surface area (Å²) in [6.45, 7) is 7.65. The number of carbonyl (C=O) groups excluding carboxylic acids is 1. The van der Waals surface area contributed by atoms with Crippen LogP contribution in [0, 0.1) is 11.8 Å². The third-order valence-electron chi connectivity index (χ3n) is 4.21. The summed E-state index contributed by atoms with van der Waals surface area (Å²) in [6.07, 6.45) is 1.84. The van der Waals surface area contributed by atoms with Crippen LogP contribution >= 0.6 is 24.2 Å². The van der Waals surface area contributed by atoms with E-state index in [0.717, 1.165) is 44.9 Å². The number of thioether (sulfide) groups is 1. The van der Waals surface area contributed by atoms with E-state index in [1.54, 1.807) is 0 Å². The molecule has 4 nitrogen and oxygen atoms in total. The standard InChI is InChI=1S/C14H26N2O2S.ClH/c1-10(2)12-9-16(5-8-19-12)14(17)13(15)11-3-6-18-7-4-11;/h10-13H,3-9,15H2,1-2H3;1H. The molecule has 2 heterocycles. The van der Waals surface area contributed by atoms with Gasteiger partial charge < -0.3 is 15.4 Å². The Bertz CT molecular complexity index is 312. The lowest BCUT2D eigenvalue weighted by atomic mass is 9.91. The second-order valence-electron chi connectivity index (χ2n) is 5.91. The first-order chi connectivity index (χ1) is 9.09. The number of nitrogens with two attached hydrogens (primary N) is 1. The van der Waals surface area contributed by atoms with Crippen molar-refractivity contribution in [3.8, 4) is 0 Å². The maximum absolute atomic E-state index is 12.5. The molecule has 0 aliphatic carbocycles. The van der Waals surface area contributed by atoms with E-state index < -0.39 is 0 Å². The Balaban J connectivity index is 0.00000200. The predicted molar refractivity (Wildman–Crippen MR) is 86.4 cm³/mol. The summed E-state index contributed by atoms with van der Waals surface area (Å²) in [6, 6.07) is -0.334. The molecule has 2 N–H and O–H groups in total. The van der Waals surface area contributed by atoms with E-state index in [4.69, 9.17) is 10.5 Å². The first kappa shape index (κ1) is 18.1. The number of amides is 1. The highest BCUT2D eigenvalue weighted by atomic mass is 35.5. The maximum atomic E-state index is 12.5. The lowest BCUT2D eigenvalue weighted by Crippen LogP contribution is -2.53. The first-order valence-corrected chi connectivity index (χ1v) is 8.38. The summed E-state index contributed by atoms with van der Waals surface area (Å²) in [7, 11) is 0. The molecule has 2 atom stereocenters. The van der Waals surface area contributed by atoms with Gasteiger partial charge in [0.15, 0.2) is 0 Å². The Morgan fingerprint density at radius 2 is 2.00 bits per heavy atom. The highest BCUT2D eigenvalue weighted by Crippen LogP contribution is 2.26. The molecule has 2 fully saturated rings. The molecule has 20 heavy (non-hydrogen) atoms. The molecule has 2 aliphatic heterocycles. The smallest absolute Gasteiger partial charge is 0.239 e. The summed E-state index contributed by atoms with van der Waals surface area (Å²) >= 11 is 1.99. The van der Waals surface area contributed by atoms with Crippen LogP contribution < -0.4 is 5.73 Å². The molecule has 118 valence electrons. The van der Waals surface area contributed by atoms with E-state index in [2.05, 4.69) is 13.8 Å². The number of hydrogen-bond donors (Lipinski definition) is 1. The summed E-state index contributed by atoms with van der Waals surface area (Å²) in [5, 5.41) is 0.555. The summed E-state index contributed by atoms with van der Waals surface area (Å²) in [4.78, 5) is 14.5. The largest absolute Gasteiger partial charge is 0.381 e. The Kier molecular flexibility index (Phi) is 7.65. The van der Waals surface area contributed by atoms with Gasteiger partial charge in [-0.05, 0) is 24.7 Å². The van der Waals surface area contributed by atoms with Gasteiger partial charge >= 0.3 is 0 Å². The molecule has 2 saturated heterocycles. The monoisotopic (exact) mass is 322 g/mol. The van der Waals surface area contributed by atoms with Crippen molar-refractivity contribution < 1.29 is 9.53 Å². The third kappa shape index (κ3) is 4.52. The number of nitrogens with zero attached hydrogens (tertiary/aromatic N) is 1. The van der Waals surface area contributed by atoms with Gasteiger partial charge in [-0.25, -0.2) is 0 Å². The van der Waals surface area contributed by atoms with Crippen LogP contribution in [0.25, 0.3) is 0 Å². The van der Waals surface area contributed by atoms with Crippen LogP contribution in [-0.2, 0) is 9.53 Å². The van der Waals surface area contributed by atoms with Crippen LogP contribution in [0.5, 0.6) is 0 Å². The average molecular weight is 323 g/mol. The van der Waals surface area contributed by atoms with Gasteiger partial charge in [-0.1, -0.05) is 13.8 Å². The zero-order chi connectivity index (χ0) is 13.8. The van der Waals surface area contributed by atoms with Gasteiger partial charge in [-0.2, -0.15) is 11.8 Å². The van der Waals surface area contributed by atoms with Crippen molar-refractivity contribution in [1.82, 2.24) is 4.90 Å². The fourth-order valence-electron chi connectivity index (χ4n) is 2.77. The Labute approximate surface area is 132 Å². The molecule has 1 amide bonds. The molecule has 0 radical (unpaired) electrons. The van der Waals surface area contributed by atoms with Crippen LogP contribution in [-0.4, -0.2) is 54.2 Å². The van der Waals surface area contributed by atoms with E-state index in [9.17, 15) is 4.79 Å². The number of rotatable bonds is 3. The fraction of sp³-hybridized carbons (Fsp3) is 0.929. The summed E-state index contributed by atoms with van der Waals surface area (Å²) in [5.41, 5.74) is 6.19. The Morgan fingerprint density at radius 3 is 2.60 bits per heavy atom. The van der Waals surface area contributed by atoms with Crippen molar-refractivity contribution >= 4 is 30.1 Å². The SMILES string of the molecule is CC(C)C1CN(C(=O)C(N)C2CCOCC2)CCS1.Cl. The van der Waals surface area contributed by atoms with Crippen LogP contribution in [0.3, 0.4) is 0 Å². The number of ether oxygens (including phenoxy) is 1. The fourth-order valence-corrected chi connectivity index (χ4v) is 4.07. The van der Waals surface area contributed by atoms with Gasteiger partial charge in [-0.3, -0.25) is 4.79 Å². The topological polar surface area (TPSA) is 55.6 Å². The summed E-state index contributed by atoms with van der Waals surface area (Å²) in [5.74, 6) is 2.10. The molecule has 0 spiro atoms. The van der Waals surface area contributed by atoms with Gasteiger partial charge in [-0.15, -0.1) is 12.4 Å². The normalized spacial score (nSPS) is 26.2. The van der Waals surface area contributed by atoms with Crippen LogP contribution in [0.1, 0.15) is 26.7 Å². The Morgan fingerprint density at radius 1 is 1.35 bits per heavy atom. The molecule has 6 heteroatoms. The van der Waals surface area contributed by atoms with E-state index in [1.165, 1.54) is 0 Å². The lowest BCUT2D eigenvalue weighted by molar-refractivity contribution is -0.134. The molecule has 0 aromatic carbocycles. The van der Waals surface area contributed by atoms with Gasteiger partial charge in [0.05, 0.1) is 6.04 Å². The molecular formula is C14H27ClN2O2S. The second-order valence-corrected chi connectivity index (χ2v) is 7.26. The minimum atomic E-state index is -0.334. The molecular weight excluding hydrogens is 296 g/mol. The maximum Gasteiger partial charge on any atom is 0.239 e. The molecule has 2 unspecified atom stereocenters. The van der Waals surface area contributed by atoms with Crippen LogP contribution in [0.2, 0.25) is 0 Å². The van der Waals surface area contributed by atoms with Crippen molar-refractivity contribution in [2.24, 2.45) is 17.6 Å².